The lowest BCUT2D eigenvalue weighted by atomic mass is 10.1. The maximum atomic E-state index is 10.2. The van der Waals surface area contributed by atoms with Gasteiger partial charge in [0.05, 0.1) is 12.3 Å². The second-order valence-electron chi connectivity index (χ2n) is 1.79. The molecule has 1 unspecified atom stereocenters. The molecule has 2 N–H and O–H groups in total. The van der Waals surface area contributed by atoms with Gasteiger partial charge >= 0.3 is 11.9 Å². The summed E-state index contributed by atoms with van der Waals surface area (Å²) in [6, 6.07) is 0. The van der Waals surface area contributed by atoms with Gasteiger partial charge < -0.3 is 10.2 Å². The lowest BCUT2D eigenvalue weighted by molar-refractivity contribution is -0.147. The van der Waals surface area contributed by atoms with Crippen LogP contribution in [-0.2, 0) is 9.59 Å². The quantitative estimate of drug-likeness (QED) is 0.666. The Kier molecular flexibility index (Phi) is 4.02. The number of alkyl halides is 1. The van der Waals surface area contributed by atoms with Crippen molar-refractivity contribution >= 4 is 27.9 Å². The highest BCUT2D eigenvalue weighted by Gasteiger charge is 2.18. The predicted molar refractivity (Wildman–Crippen MR) is 37.2 cm³/mol. The van der Waals surface area contributed by atoms with Crippen LogP contribution in [-0.4, -0.2) is 27.5 Å². The lowest BCUT2D eigenvalue weighted by Gasteiger charge is -2.02. The number of hydrogen-bond acceptors (Lipinski definition) is 2. The van der Waals surface area contributed by atoms with Crippen molar-refractivity contribution in [3.63, 3.8) is 0 Å². The SMILES string of the molecule is O=C(O)CC(CBr)C(=O)O. The average Bonchev–Trinajstić information content (AvgIpc) is 1.81. The first-order chi connectivity index (χ1) is 4.57. The van der Waals surface area contributed by atoms with Crippen LogP contribution in [0, 0.1) is 5.92 Å². The van der Waals surface area contributed by atoms with E-state index in [-0.39, 0.29) is 11.8 Å². The summed E-state index contributed by atoms with van der Waals surface area (Å²) in [6.07, 6.45) is -0.333. The largest absolute Gasteiger partial charge is 0.481 e. The minimum atomic E-state index is -1.09. The lowest BCUT2D eigenvalue weighted by Crippen LogP contribution is -2.18. The summed E-state index contributed by atoms with van der Waals surface area (Å²) in [5.41, 5.74) is 0. The zero-order valence-electron chi connectivity index (χ0n) is 5.08. The van der Waals surface area contributed by atoms with Gasteiger partial charge in [-0.25, -0.2) is 0 Å². The third-order valence-electron chi connectivity index (χ3n) is 0.957. The summed E-state index contributed by atoms with van der Waals surface area (Å²) >= 11 is 2.90. The van der Waals surface area contributed by atoms with Crippen LogP contribution in [0.5, 0.6) is 0 Å². The second-order valence-corrected chi connectivity index (χ2v) is 2.43. The molecule has 1 atom stereocenters. The fraction of sp³-hybridized carbons (Fsp3) is 0.600. The highest BCUT2D eigenvalue weighted by molar-refractivity contribution is 9.09. The molecular weight excluding hydrogens is 204 g/mol. The molecule has 0 radical (unpaired) electrons. The Bertz CT molecular complexity index is 145. The van der Waals surface area contributed by atoms with Crippen LogP contribution in [0.25, 0.3) is 0 Å². The van der Waals surface area contributed by atoms with E-state index in [1.807, 2.05) is 0 Å². The summed E-state index contributed by atoms with van der Waals surface area (Å²) in [5, 5.41) is 16.7. The third-order valence-corrected chi connectivity index (χ3v) is 1.74. The molecule has 0 rings (SSSR count). The molecule has 0 aliphatic rings. The molecule has 0 spiro atoms. The first kappa shape index (κ1) is 9.42. The Labute approximate surface area is 66.0 Å². The van der Waals surface area contributed by atoms with E-state index in [0.29, 0.717) is 0 Å². The van der Waals surface area contributed by atoms with Gasteiger partial charge in [0.25, 0.3) is 0 Å². The van der Waals surface area contributed by atoms with Crippen LogP contribution in [0.4, 0.5) is 0 Å². The molecule has 4 nitrogen and oxygen atoms in total. The average molecular weight is 211 g/mol. The highest BCUT2D eigenvalue weighted by Crippen LogP contribution is 2.06. The molecule has 0 bridgehead atoms. The maximum Gasteiger partial charge on any atom is 0.307 e. The number of carboxylic acid groups (broad SMARTS) is 2. The van der Waals surface area contributed by atoms with Crippen LogP contribution in [0.15, 0.2) is 0 Å². The van der Waals surface area contributed by atoms with E-state index in [9.17, 15) is 9.59 Å². The van der Waals surface area contributed by atoms with Gasteiger partial charge in [-0.3, -0.25) is 9.59 Å². The number of carboxylic acids is 2. The Morgan fingerprint density at radius 3 is 2.00 bits per heavy atom. The van der Waals surface area contributed by atoms with Crippen molar-refractivity contribution in [2.45, 2.75) is 6.42 Å². The number of aliphatic carboxylic acids is 2. The molecule has 0 aromatic carbocycles. The van der Waals surface area contributed by atoms with Crippen molar-refractivity contribution in [2.75, 3.05) is 5.33 Å². The van der Waals surface area contributed by atoms with Crippen LogP contribution in [0.1, 0.15) is 6.42 Å². The summed E-state index contributed by atoms with van der Waals surface area (Å²) in [6.45, 7) is 0. The first-order valence-corrected chi connectivity index (χ1v) is 3.70. The molecule has 0 saturated carbocycles. The molecule has 0 amide bonds. The van der Waals surface area contributed by atoms with Crippen molar-refractivity contribution in [3.8, 4) is 0 Å². The molecule has 0 aliphatic heterocycles. The maximum absolute atomic E-state index is 10.2. The normalized spacial score (nSPS) is 12.5. The molecular formula is C5H7BrO4. The monoisotopic (exact) mass is 210 g/mol. The van der Waals surface area contributed by atoms with E-state index in [1.165, 1.54) is 0 Å². The van der Waals surface area contributed by atoms with Crippen molar-refractivity contribution in [1.29, 1.82) is 0 Å². The Hall–Kier alpha value is -0.580. The number of halogens is 1. The zero-order valence-corrected chi connectivity index (χ0v) is 6.67. The third kappa shape index (κ3) is 3.45. The fourth-order valence-electron chi connectivity index (χ4n) is 0.419. The molecule has 5 heteroatoms. The van der Waals surface area contributed by atoms with Crippen LogP contribution in [0.2, 0.25) is 0 Å². The van der Waals surface area contributed by atoms with E-state index >= 15 is 0 Å². The van der Waals surface area contributed by atoms with Crippen molar-refractivity contribution in [1.82, 2.24) is 0 Å². The van der Waals surface area contributed by atoms with E-state index < -0.39 is 17.9 Å². The number of rotatable bonds is 4. The standard InChI is InChI=1S/C5H7BrO4/c6-2-3(5(9)10)1-4(7)8/h3H,1-2H2,(H,7,8)(H,9,10). The van der Waals surface area contributed by atoms with E-state index in [0.717, 1.165) is 0 Å². The number of carbonyl (C=O) groups is 2. The fourth-order valence-corrected chi connectivity index (χ4v) is 0.925. The Morgan fingerprint density at radius 2 is 1.90 bits per heavy atom. The minimum absolute atomic E-state index is 0.175. The Balaban J connectivity index is 3.83. The van der Waals surface area contributed by atoms with Gasteiger partial charge in [-0.2, -0.15) is 0 Å². The Morgan fingerprint density at radius 1 is 1.40 bits per heavy atom. The van der Waals surface area contributed by atoms with Gasteiger partial charge in [0.1, 0.15) is 0 Å². The first-order valence-electron chi connectivity index (χ1n) is 2.58. The molecule has 0 fully saturated rings. The molecule has 0 aromatic heterocycles. The molecule has 0 aromatic rings. The van der Waals surface area contributed by atoms with E-state index in [4.69, 9.17) is 10.2 Å². The molecule has 58 valence electrons. The summed E-state index contributed by atoms with van der Waals surface area (Å²) in [4.78, 5) is 20.2. The topological polar surface area (TPSA) is 74.6 Å². The van der Waals surface area contributed by atoms with Gasteiger partial charge in [-0.05, 0) is 0 Å². The summed E-state index contributed by atoms with van der Waals surface area (Å²) in [5.74, 6) is -3.00. The minimum Gasteiger partial charge on any atom is -0.481 e. The van der Waals surface area contributed by atoms with Crippen molar-refractivity contribution in [2.24, 2.45) is 5.92 Å². The smallest absolute Gasteiger partial charge is 0.307 e. The predicted octanol–water partition coefficient (Wildman–Crippen LogP) is 0.557. The van der Waals surface area contributed by atoms with Gasteiger partial charge in [0.15, 0.2) is 0 Å². The summed E-state index contributed by atoms with van der Waals surface area (Å²) in [7, 11) is 0. The van der Waals surface area contributed by atoms with Crippen LogP contribution >= 0.6 is 15.9 Å². The van der Waals surface area contributed by atoms with E-state index in [2.05, 4.69) is 15.9 Å². The van der Waals surface area contributed by atoms with Crippen LogP contribution in [0.3, 0.4) is 0 Å². The van der Waals surface area contributed by atoms with Gasteiger partial charge in [0.2, 0.25) is 0 Å². The second kappa shape index (κ2) is 4.27. The number of hydrogen-bond donors (Lipinski definition) is 2. The van der Waals surface area contributed by atoms with Crippen LogP contribution < -0.4 is 0 Å². The summed E-state index contributed by atoms with van der Waals surface area (Å²) < 4.78 is 0. The molecule has 10 heavy (non-hydrogen) atoms. The van der Waals surface area contributed by atoms with Gasteiger partial charge in [-0.1, -0.05) is 15.9 Å². The molecule has 0 aliphatic carbocycles. The molecule has 0 heterocycles. The van der Waals surface area contributed by atoms with Gasteiger partial charge in [-0.15, -0.1) is 0 Å². The van der Waals surface area contributed by atoms with Crippen molar-refractivity contribution in [3.05, 3.63) is 0 Å². The zero-order chi connectivity index (χ0) is 8.15. The van der Waals surface area contributed by atoms with Gasteiger partial charge in [0, 0.05) is 5.33 Å². The molecule has 0 saturated heterocycles. The van der Waals surface area contributed by atoms with Crippen molar-refractivity contribution < 1.29 is 19.8 Å². The van der Waals surface area contributed by atoms with E-state index in [1.54, 1.807) is 0 Å². The highest BCUT2D eigenvalue weighted by atomic mass is 79.9.